The summed E-state index contributed by atoms with van der Waals surface area (Å²) < 4.78 is 7.10. The first-order chi connectivity index (χ1) is 9.78. The molecule has 2 aromatic rings. The first kappa shape index (κ1) is 12.9. The number of aromatic nitrogens is 2. The van der Waals surface area contributed by atoms with E-state index in [2.05, 4.69) is 4.98 Å². The van der Waals surface area contributed by atoms with Crippen LogP contribution in [-0.2, 0) is 19.4 Å². The smallest absolute Gasteiger partial charge is 0.182 e. The second-order valence-corrected chi connectivity index (χ2v) is 5.12. The molecule has 0 bridgehead atoms. The van der Waals surface area contributed by atoms with Crippen molar-refractivity contribution in [2.75, 3.05) is 7.11 Å². The van der Waals surface area contributed by atoms with Crippen molar-refractivity contribution in [3.05, 3.63) is 47.5 Å². The third kappa shape index (κ3) is 2.46. The fourth-order valence-electron chi connectivity index (χ4n) is 2.69. The van der Waals surface area contributed by atoms with Crippen molar-refractivity contribution in [3.63, 3.8) is 0 Å². The van der Waals surface area contributed by atoms with Crippen molar-refractivity contribution in [1.29, 1.82) is 0 Å². The van der Waals surface area contributed by atoms with Gasteiger partial charge >= 0.3 is 0 Å². The van der Waals surface area contributed by atoms with E-state index in [0.29, 0.717) is 12.1 Å². The number of Topliss-reactive ketones (excluding diaryl/α,β-unsaturated/α-hetero) is 1. The molecule has 0 N–H and O–H groups in total. The maximum absolute atomic E-state index is 12.3. The summed E-state index contributed by atoms with van der Waals surface area (Å²) >= 11 is 0. The highest BCUT2D eigenvalue weighted by Gasteiger charge is 2.17. The highest BCUT2D eigenvalue weighted by molar-refractivity contribution is 5.96. The molecule has 0 atom stereocenters. The lowest BCUT2D eigenvalue weighted by Gasteiger charge is -2.13. The molecule has 0 aliphatic heterocycles. The molecule has 0 saturated heterocycles. The van der Waals surface area contributed by atoms with Crippen molar-refractivity contribution < 1.29 is 9.53 Å². The van der Waals surface area contributed by atoms with Gasteiger partial charge in [0.1, 0.15) is 5.75 Å². The molecule has 0 radical (unpaired) electrons. The van der Waals surface area contributed by atoms with Gasteiger partial charge in [-0.25, -0.2) is 4.98 Å². The van der Waals surface area contributed by atoms with Gasteiger partial charge in [0.2, 0.25) is 0 Å². The summed E-state index contributed by atoms with van der Waals surface area (Å²) in [4.78, 5) is 16.7. The summed E-state index contributed by atoms with van der Waals surface area (Å²) in [7, 11) is 1.62. The van der Waals surface area contributed by atoms with Crippen LogP contribution in [0.25, 0.3) is 0 Å². The zero-order valence-electron chi connectivity index (χ0n) is 11.6. The fourth-order valence-corrected chi connectivity index (χ4v) is 2.69. The Morgan fingerprint density at radius 3 is 2.75 bits per heavy atom. The first-order valence-corrected chi connectivity index (χ1v) is 6.98. The van der Waals surface area contributed by atoms with Crippen molar-refractivity contribution in [3.8, 4) is 5.75 Å². The number of fused-ring (bicyclic) bond motifs is 1. The zero-order chi connectivity index (χ0) is 13.9. The molecule has 4 heteroatoms. The van der Waals surface area contributed by atoms with Crippen LogP contribution in [0, 0.1) is 0 Å². The summed E-state index contributed by atoms with van der Waals surface area (Å²) in [5.41, 5.74) is 3.11. The standard InChI is InChI=1S/C16H18N2O2/c1-20-13-8-6-12(7-9-13)16(19)10-18-11-17-14-4-2-3-5-15(14)18/h6-9,11H,2-5,10H2,1H3. The predicted octanol–water partition coefficient (Wildman–Crippen LogP) is 2.65. The first-order valence-electron chi connectivity index (χ1n) is 6.98. The molecule has 0 fully saturated rings. The minimum absolute atomic E-state index is 0.110. The Balaban J connectivity index is 1.76. The van der Waals surface area contributed by atoms with E-state index in [1.54, 1.807) is 13.4 Å². The van der Waals surface area contributed by atoms with Crippen LogP contribution in [0.1, 0.15) is 34.6 Å². The second kappa shape index (κ2) is 5.49. The number of nitrogens with zero attached hydrogens (tertiary/aromatic N) is 2. The predicted molar refractivity (Wildman–Crippen MR) is 76.2 cm³/mol. The Hall–Kier alpha value is -2.10. The van der Waals surface area contributed by atoms with Gasteiger partial charge in [-0.05, 0) is 49.9 Å². The summed E-state index contributed by atoms with van der Waals surface area (Å²) in [6, 6.07) is 7.25. The summed E-state index contributed by atoms with van der Waals surface area (Å²) in [6.07, 6.45) is 6.27. The van der Waals surface area contributed by atoms with Crippen LogP contribution in [0.4, 0.5) is 0 Å². The molecule has 1 aromatic carbocycles. The van der Waals surface area contributed by atoms with E-state index in [1.165, 1.54) is 24.2 Å². The van der Waals surface area contributed by atoms with E-state index in [1.807, 2.05) is 28.8 Å². The number of ether oxygens (including phenoxy) is 1. The maximum atomic E-state index is 12.3. The van der Waals surface area contributed by atoms with E-state index in [-0.39, 0.29) is 5.78 Å². The van der Waals surface area contributed by atoms with Gasteiger partial charge < -0.3 is 9.30 Å². The molecule has 0 amide bonds. The quantitative estimate of drug-likeness (QED) is 0.802. The summed E-state index contributed by atoms with van der Waals surface area (Å²) in [6.45, 7) is 0.370. The van der Waals surface area contributed by atoms with Gasteiger partial charge in [0, 0.05) is 11.3 Å². The largest absolute Gasteiger partial charge is 0.497 e. The van der Waals surface area contributed by atoms with Gasteiger partial charge in [-0.3, -0.25) is 4.79 Å². The van der Waals surface area contributed by atoms with Crippen LogP contribution < -0.4 is 4.74 Å². The molecule has 0 spiro atoms. The van der Waals surface area contributed by atoms with Crippen LogP contribution in [0.15, 0.2) is 30.6 Å². The normalized spacial score (nSPS) is 13.8. The van der Waals surface area contributed by atoms with E-state index >= 15 is 0 Å². The molecule has 1 heterocycles. The number of carbonyl (C=O) groups is 1. The molecule has 0 saturated carbocycles. The number of methoxy groups -OCH3 is 1. The average Bonchev–Trinajstić information content (AvgIpc) is 2.91. The molecule has 1 aliphatic carbocycles. The Labute approximate surface area is 118 Å². The van der Waals surface area contributed by atoms with Gasteiger partial charge in [-0.2, -0.15) is 0 Å². The lowest BCUT2D eigenvalue weighted by Crippen LogP contribution is -2.14. The SMILES string of the molecule is COc1ccc(C(=O)Cn2cnc3c2CCCC3)cc1. The van der Waals surface area contributed by atoms with Crippen LogP contribution in [0.5, 0.6) is 5.75 Å². The lowest BCUT2D eigenvalue weighted by molar-refractivity contribution is 0.0971. The van der Waals surface area contributed by atoms with Crippen LogP contribution >= 0.6 is 0 Å². The Kier molecular flexibility index (Phi) is 3.54. The van der Waals surface area contributed by atoms with Crippen molar-refractivity contribution in [2.24, 2.45) is 0 Å². The third-order valence-corrected chi connectivity index (χ3v) is 3.84. The van der Waals surface area contributed by atoms with E-state index in [9.17, 15) is 4.79 Å². The zero-order valence-corrected chi connectivity index (χ0v) is 11.6. The number of hydrogen-bond donors (Lipinski definition) is 0. The van der Waals surface area contributed by atoms with Crippen LogP contribution in [0.2, 0.25) is 0 Å². The molecule has 0 unspecified atom stereocenters. The molecular formula is C16H18N2O2. The van der Waals surface area contributed by atoms with Crippen molar-refractivity contribution in [1.82, 2.24) is 9.55 Å². The van der Waals surface area contributed by atoms with E-state index in [4.69, 9.17) is 4.74 Å². The Morgan fingerprint density at radius 1 is 1.25 bits per heavy atom. The molecular weight excluding hydrogens is 252 g/mol. The van der Waals surface area contributed by atoms with Gasteiger partial charge in [-0.15, -0.1) is 0 Å². The third-order valence-electron chi connectivity index (χ3n) is 3.84. The number of benzene rings is 1. The van der Waals surface area contributed by atoms with Gasteiger partial charge in [-0.1, -0.05) is 0 Å². The number of rotatable bonds is 4. The highest BCUT2D eigenvalue weighted by Crippen LogP contribution is 2.20. The maximum Gasteiger partial charge on any atom is 0.182 e. The number of carbonyl (C=O) groups excluding carboxylic acids is 1. The topological polar surface area (TPSA) is 44.1 Å². The van der Waals surface area contributed by atoms with Crippen LogP contribution in [0.3, 0.4) is 0 Å². The van der Waals surface area contributed by atoms with Crippen molar-refractivity contribution in [2.45, 2.75) is 32.2 Å². The summed E-state index contributed by atoms with van der Waals surface area (Å²) in [5.74, 6) is 0.875. The molecule has 1 aliphatic rings. The Morgan fingerprint density at radius 2 is 2.00 bits per heavy atom. The Bertz CT molecular complexity index is 614. The monoisotopic (exact) mass is 270 g/mol. The van der Waals surface area contributed by atoms with Gasteiger partial charge in [0.05, 0.1) is 25.7 Å². The molecule has 4 nitrogen and oxygen atoms in total. The average molecular weight is 270 g/mol. The lowest BCUT2D eigenvalue weighted by atomic mass is 10.0. The van der Waals surface area contributed by atoms with Crippen LogP contribution in [-0.4, -0.2) is 22.4 Å². The minimum atomic E-state index is 0.110. The number of hydrogen-bond acceptors (Lipinski definition) is 3. The molecule has 104 valence electrons. The summed E-state index contributed by atoms with van der Waals surface area (Å²) in [5, 5.41) is 0. The fraction of sp³-hybridized carbons (Fsp3) is 0.375. The second-order valence-electron chi connectivity index (χ2n) is 5.12. The number of ketones is 1. The van der Waals surface area contributed by atoms with Gasteiger partial charge in [0.25, 0.3) is 0 Å². The molecule has 20 heavy (non-hydrogen) atoms. The molecule has 3 rings (SSSR count). The number of imidazole rings is 1. The highest BCUT2D eigenvalue weighted by atomic mass is 16.5. The van der Waals surface area contributed by atoms with E-state index in [0.717, 1.165) is 18.6 Å². The van der Waals surface area contributed by atoms with Crippen molar-refractivity contribution >= 4 is 5.78 Å². The minimum Gasteiger partial charge on any atom is -0.497 e. The number of aryl methyl sites for hydroxylation is 1. The van der Waals surface area contributed by atoms with E-state index < -0.39 is 0 Å². The molecule has 1 aromatic heterocycles. The van der Waals surface area contributed by atoms with Gasteiger partial charge in [0.15, 0.2) is 5.78 Å².